The number of rotatable bonds is 4. The van der Waals surface area contributed by atoms with E-state index in [-0.39, 0.29) is 12.0 Å². The molecule has 0 aromatic heterocycles. The number of amides is 2. The highest BCUT2D eigenvalue weighted by Crippen LogP contribution is 2.23. The molecule has 148 valence electrons. The maximum atomic E-state index is 12.7. The molecule has 1 N–H and O–H groups in total. The Bertz CT molecular complexity index is 858. The molecule has 3 rings (SSSR count). The number of carbonyl (C=O) groups is 2. The van der Waals surface area contributed by atoms with Crippen molar-refractivity contribution in [2.45, 2.75) is 20.3 Å². The van der Waals surface area contributed by atoms with Crippen LogP contribution >= 0.6 is 0 Å². The van der Waals surface area contributed by atoms with Crippen LogP contribution in [0.5, 0.6) is 0 Å². The molecule has 0 aliphatic carbocycles. The Morgan fingerprint density at radius 3 is 2.46 bits per heavy atom. The van der Waals surface area contributed by atoms with Crippen LogP contribution < -0.4 is 10.2 Å². The highest BCUT2D eigenvalue weighted by molar-refractivity contribution is 5.92. The van der Waals surface area contributed by atoms with Gasteiger partial charge in [-0.3, -0.25) is 0 Å². The van der Waals surface area contributed by atoms with Gasteiger partial charge in [-0.05, 0) is 42.7 Å². The topological polar surface area (TPSA) is 61.9 Å². The summed E-state index contributed by atoms with van der Waals surface area (Å²) in [5.41, 5.74) is 4.64. The van der Waals surface area contributed by atoms with Crippen LogP contribution in [0, 0.1) is 6.92 Å². The molecule has 1 aliphatic rings. The second-order valence-corrected chi connectivity index (χ2v) is 6.91. The van der Waals surface area contributed by atoms with Crippen LogP contribution in [0.4, 0.5) is 16.2 Å². The number of esters is 1. The van der Waals surface area contributed by atoms with Gasteiger partial charge in [0, 0.05) is 37.6 Å². The number of nitrogens with zero attached hydrogens (tertiary/aromatic N) is 2. The van der Waals surface area contributed by atoms with Crippen molar-refractivity contribution >= 4 is 23.4 Å². The fourth-order valence-electron chi connectivity index (χ4n) is 3.50. The van der Waals surface area contributed by atoms with Crippen molar-refractivity contribution in [1.29, 1.82) is 0 Å². The van der Waals surface area contributed by atoms with E-state index in [1.165, 1.54) is 7.11 Å². The zero-order chi connectivity index (χ0) is 20.1. The monoisotopic (exact) mass is 381 g/mol. The number of hydrogen-bond donors (Lipinski definition) is 1. The number of para-hydroxylation sites is 1. The highest BCUT2D eigenvalue weighted by Gasteiger charge is 2.22. The van der Waals surface area contributed by atoms with Crippen LogP contribution in [-0.2, 0) is 11.2 Å². The zero-order valence-electron chi connectivity index (χ0n) is 16.7. The molecule has 0 spiro atoms. The number of methoxy groups -OCH3 is 1. The van der Waals surface area contributed by atoms with Crippen molar-refractivity contribution in [3.05, 3.63) is 59.2 Å². The van der Waals surface area contributed by atoms with E-state index in [0.717, 1.165) is 28.9 Å². The van der Waals surface area contributed by atoms with Gasteiger partial charge >= 0.3 is 12.0 Å². The van der Waals surface area contributed by atoms with Gasteiger partial charge in [-0.1, -0.05) is 31.2 Å². The first-order valence-corrected chi connectivity index (χ1v) is 9.61. The molecule has 28 heavy (non-hydrogen) atoms. The summed E-state index contributed by atoms with van der Waals surface area (Å²) in [5.74, 6) is -0.343. The first kappa shape index (κ1) is 19.7. The molecule has 6 nitrogen and oxygen atoms in total. The number of carbonyl (C=O) groups excluding carboxylic acids is 2. The molecule has 0 saturated carbocycles. The number of anilines is 2. The summed E-state index contributed by atoms with van der Waals surface area (Å²) in [6.45, 7) is 6.79. The number of aryl methyl sites for hydroxylation is 2. The predicted octanol–water partition coefficient (Wildman–Crippen LogP) is 3.70. The largest absolute Gasteiger partial charge is 0.465 e. The third-order valence-corrected chi connectivity index (χ3v) is 5.17. The summed E-state index contributed by atoms with van der Waals surface area (Å²) >= 11 is 0. The van der Waals surface area contributed by atoms with E-state index in [9.17, 15) is 9.59 Å². The first-order valence-electron chi connectivity index (χ1n) is 9.61. The zero-order valence-corrected chi connectivity index (χ0v) is 16.7. The third kappa shape index (κ3) is 4.27. The number of piperazine rings is 1. The SMILES string of the molecule is CCc1cccc(C)c1NC(=O)N1CCN(c2cccc(C(=O)OC)c2)CC1. The summed E-state index contributed by atoms with van der Waals surface area (Å²) in [6, 6.07) is 13.4. The maximum absolute atomic E-state index is 12.7. The summed E-state index contributed by atoms with van der Waals surface area (Å²) in [5, 5.41) is 3.09. The van der Waals surface area contributed by atoms with Gasteiger partial charge in [0.2, 0.25) is 0 Å². The molecule has 0 unspecified atom stereocenters. The van der Waals surface area contributed by atoms with Gasteiger partial charge < -0.3 is 19.9 Å². The van der Waals surface area contributed by atoms with Crippen molar-refractivity contribution in [3.8, 4) is 0 Å². The summed E-state index contributed by atoms with van der Waals surface area (Å²) in [7, 11) is 1.38. The number of benzene rings is 2. The van der Waals surface area contributed by atoms with E-state index < -0.39 is 0 Å². The Kier molecular flexibility index (Phi) is 6.19. The van der Waals surface area contributed by atoms with Crippen LogP contribution in [-0.4, -0.2) is 50.2 Å². The van der Waals surface area contributed by atoms with Crippen LogP contribution in [0.2, 0.25) is 0 Å². The Labute approximate surface area is 166 Å². The molecule has 2 aromatic rings. The molecule has 2 aromatic carbocycles. The minimum atomic E-state index is -0.343. The fourth-order valence-corrected chi connectivity index (χ4v) is 3.50. The molecule has 1 aliphatic heterocycles. The molecule has 1 heterocycles. The van der Waals surface area contributed by atoms with Crippen LogP contribution in [0.1, 0.15) is 28.4 Å². The summed E-state index contributed by atoms with van der Waals surface area (Å²) < 4.78 is 4.79. The Balaban J connectivity index is 1.63. The van der Waals surface area contributed by atoms with Gasteiger partial charge in [-0.15, -0.1) is 0 Å². The van der Waals surface area contributed by atoms with E-state index in [4.69, 9.17) is 4.74 Å². The Hall–Kier alpha value is -3.02. The molecule has 6 heteroatoms. The lowest BCUT2D eigenvalue weighted by atomic mass is 10.1. The number of nitrogens with one attached hydrogen (secondary N) is 1. The molecular weight excluding hydrogens is 354 g/mol. The average Bonchev–Trinajstić information content (AvgIpc) is 2.74. The van der Waals surface area contributed by atoms with Crippen LogP contribution in [0.15, 0.2) is 42.5 Å². The van der Waals surface area contributed by atoms with Gasteiger partial charge in [-0.25, -0.2) is 9.59 Å². The standard InChI is InChI=1S/C22H27N3O3/c1-4-17-8-5-7-16(2)20(17)23-22(27)25-13-11-24(12-14-25)19-10-6-9-18(15-19)21(26)28-3/h5-10,15H,4,11-14H2,1-3H3,(H,23,27). The van der Waals surface area contributed by atoms with E-state index in [0.29, 0.717) is 31.7 Å². The van der Waals surface area contributed by atoms with E-state index in [2.05, 4.69) is 23.2 Å². The lowest BCUT2D eigenvalue weighted by molar-refractivity contribution is 0.0600. The molecule has 0 radical (unpaired) electrons. The molecule has 1 fully saturated rings. The summed E-state index contributed by atoms with van der Waals surface area (Å²) in [6.07, 6.45) is 0.877. The quantitative estimate of drug-likeness (QED) is 0.821. The molecule has 1 saturated heterocycles. The predicted molar refractivity (Wildman–Crippen MR) is 111 cm³/mol. The lowest BCUT2D eigenvalue weighted by Crippen LogP contribution is -2.50. The molecule has 2 amide bonds. The van der Waals surface area contributed by atoms with Crippen molar-refractivity contribution in [1.82, 2.24) is 4.90 Å². The van der Waals surface area contributed by atoms with Gasteiger partial charge in [-0.2, -0.15) is 0 Å². The number of hydrogen-bond acceptors (Lipinski definition) is 4. The molecular formula is C22H27N3O3. The first-order chi connectivity index (χ1) is 13.5. The minimum absolute atomic E-state index is 0.0630. The van der Waals surface area contributed by atoms with Gasteiger partial charge in [0.25, 0.3) is 0 Å². The van der Waals surface area contributed by atoms with Crippen molar-refractivity contribution in [2.24, 2.45) is 0 Å². The summed E-state index contributed by atoms with van der Waals surface area (Å²) in [4.78, 5) is 28.5. The van der Waals surface area contributed by atoms with Gasteiger partial charge in [0.15, 0.2) is 0 Å². The van der Waals surface area contributed by atoms with Gasteiger partial charge in [0.1, 0.15) is 0 Å². The van der Waals surface area contributed by atoms with E-state index in [1.54, 1.807) is 6.07 Å². The normalized spacial score (nSPS) is 14.0. The molecule has 0 bridgehead atoms. The van der Waals surface area contributed by atoms with Crippen molar-refractivity contribution in [2.75, 3.05) is 43.5 Å². The third-order valence-electron chi connectivity index (χ3n) is 5.17. The second kappa shape index (κ2) is 8.78. The van der Waals surface area contributed by atoms with E-state index >= 15 is 0 Å². The minimum Gasteiger partial charge on any atom is -0.465 e. The Morgan fingerprint density at radius 1 is 1.07 bits per heavy atom. The van der Waals surface area contributed by atoms with Crippen molar-refractivity contribution in [3.63, 3.8) is 0 Å². The van der Waals surface area contributed by atoms with Gasteiger partial charge in [0.05, 0.1) is 12.7 Å². The van der Waals surface area contributed by atoms with E-state index in [1.807, 2.05) is 42.2 Å². The van der Waals surface area contributed by atoms with Crippen LogP contribution in [0.3, 0.4) is 0 Å². The lowest BCUT2D eigenvalue weighted by Gasteiger charge is -2.36. The van der Waals surface area contributed by atoms with Crippen molar-refractivity contribution < 1.29 is 14.3 Å². The fraction of sp³-hybridized carbons (Fsp3) is 0.364. The number of urea groups is 1. The molecule has 0 atom stereocenters. The maximum Gasteiger partial charge on any atom is 0.337 e. The average molecular weight is 381 g/mol. The van der Waals surface area contributed by atoms with Crippen LogP contribution in [0.25, 0.3) is 0 Å². The highest BCUT2D eigenvalue weighted by atomic mass is 16.5. The smallest absolute Gasteiger partial charge is 0.337 e. The Morgan fingerprint density at radius 2 is 1.79 bits per heavy atom. The number of ether oxygens (including phenoxy) is 1. The second-order valence-electron chi connectivity index (χ2n) is 6.91.